The van der Waals surface area contributed by atoms with Gasteiger partial charge in [-0.05, 0) is 91.9 Å². The first-order valence-electron chi connectivity index (χ1n) is 15.6. The molecule has 2 N–H and O–H groups in total. The zero-order valence-corrected chi connectivity index (χ0v) is 25.1. The van der Waals surface area contributed by atoms with Crippen LogP contribution in [0.1, 0.15) is 105 Å². The van der Waals surface area contributed by atoms with Gasteiger partial charge in [-0.2, -0.15) is 0 Å². The number of rotatable bonds is 9. The van der Waals surface area contributed by atoms with E-state index in [2.05, 4.69) is 39.1 Å². The molecule has 3 saturated carbocycles. The lowest BCUT2D eigenvalue weighted by Crippen LogP contribution is -2.50. The molecule has 40 heavy (non-hydrogen) atoms. The van der Waals surface area contributed by atoms with E-state index in [0.29, 0.717) is 35.7 Å². The van der Waals surface area contributed by atoms with Crippen LogP contribution < -0.4 is 5.32 Å². The van der Waals surface area contributed by atoms with Crippen LogP contribution >= 0.6 is 0 Å². The predicted molar refractivity (Wildman–Crippen MR) is 152 cm³/mol. The first-order chi connectivity index (χ1) is 18.9. The number of hydrogen-bond acceptors (Lipinski definition) is 5. The maximum Gasteiger partial charge on any atom is 0.306 e. The molecule has 1 heterocycles. The quantitative estimate of drug-likeness (QED) is 0.260. The molecule has 4 aliphatic carbocycles. The number of allylic oxidation sites excluding steroid dienone is 2. The summed E-state index contributed by atoms with van der Waals surface area (Å²) < 4.78 is 12.4. The average molecular weight is 556 g/mol. The molecule has 5 rings (SSSR count). The number of fused-ring (bicyclic) bond motifs is 7. The lowest BCUT2D eigenvalue weighted by Gasteiger charge is -2.58. The highest BCUT2D eigenvalue weighted by molar-refractivity contribution is 5.76. The number of carbonyl (C=O) groups is 3. The van der Waals surface area contributed by atoms with E-state index in [-0.39, 0.29) is 41.7 Å². The monoisotopic (exact) mass is 555 g/mol. The van der Waals surface area contributed by atoms with E-state index >= 15 is 0 Å². The Bertz CT molecular complexity index is 1090. The molecule has 0 aromatic rings. The van der Waals surface area contributed by atoms with Crippen molar-refractivity contribution in [3.8, 4) is 0 Å². The summed E-state index contributed by atoms with van der Waals surface area (Å²) in [5.41, 5.74) is 3.37. The maximum atomic E-state index is 12.2. The van der Waals surface area contributed by atoms with Gasteiger partial charge < -0.3 is 19.9 Å². The van der Waals surface area contributed by atoms with Crippen molar-refractivity contribution in [3.05, 3.63) is 23.0 Å². The van der Waals surface area contributed by atoms with E-state index in [1.165, 1.54) is 29.7 Å². The Morgan fingerprint density at radius 1 is 1.18 bits per heavy atom. The van der Waals surface area contributed by atoms with Crippen molar-refractivity contribution >= 4 is 17.8 Å². The van der Waals surface area contributed by atoms with E-state index < -0.39 is 5.97 Å². The topological polar surface area (TPSA) is 102 Å². The molecule has 222 valence electrons. The molecule has 0 saturated heterocycles. The van der Waals surface area contributed by atoms with Crippen molar-refractivity contribution in [2.75, 3.05) is 6.54 Å². The number of hydrogen-bond donors (Lipinski definition) is 2. The van der Waals surface area contributed by atoms with E-state index in [1.807, 2.05) is 0 Å². The fourth-order valence-electron chi connectivity index (χ4n) is 9.56. The van der Waals surface area contributed by atoms with E-state index in [4.69, 9.17) is 14.6 Å². The molecule has 3 fully saturated rings. The summed E-state index contributed by atoms with van der Waals surface area (Å²) in [7, 11) is 0. The molecule has 7 heteroatoms. The van der Waals surface area contributed by atoms with Crippen molar-refractivity contribution in [2.45, 2.75) is 117 Å². The average Bonchev–Trinajstić information content (AvgIpc) is 3.38. The molecule has 1 aliphatic heterocycles. The van der Waals surface area contributed by atoms with E-state index in [0.717, 1.165) is 51.5 Å². The summed E-state index contributed by atoms with van der Waals surface area (Å²) in [6.07, 6.45) is 11.8. The maximum absolute atomic E-state index is 12.2. The zero-order chi connectivity index (χ0) is 28.8. The first-order valence-corrected chi connectivity index (χ1v) is 15.6. The van der Waals surface area contributed by atoms with Gasteiger partial charge in [0, 0.05) is 32.2 Å². The number of aliphatic carboxylic acids is 1. The molecule has 0 aromatic heterocycles. The Kier molecular flexibility index (Phi) is 8.15. The molecule has 5 aliphatic rings. The number of carboxylic acids is 1. The predicted octanol–water partition coefficient (Wildman–Crippen LogP) is 6.18. The van der Waals surface area contributed by atoms with Crippen molar-refractivity contribution in [2.24, 2.45) is 40.4 Å². The van der Waals surface area contributed by atoms with Gasteiger partial charge in [-0.3, -0.25) is 14.4 Å². The minimum Gasteiger partial charge on any atom is -0.494 e. The molecule has 0 unspecified atom stereocenters. The second kappa shape index (κ2) is 11.2. The van der Waals surface area contributed by atoms with Crippen LogP contribution in [0, 0.1) is 40.4 Å². The van der Waals surface area contributed by atoms with Crippen LogP contribution in [0.5, 0.6) is 0 Å². The summed E-state index contributed by atoms with van der Waals surface area (Å²) in [5, 5.41) is 11.8. The third-order valence-corrected chi connectivity index (χ3v) is 11.7. The van der Waals surface area contributed by atoms with Crippen molar-refractivity contribution in [1.29, 1.82) is 0 Å². The molecule has 1 amide bonds. The zero-order valence-electron chi connectivity index (χ0n) is 25.1. The molecule has 7 nitrogen and oxygen atoms in total. The number of esters is 1. The number of carbonyl (C=O) groups excluding carboxylic acids is 2. The van der Waals surface area contributed by atoms with Gasteiger partial charge in [0.15, 0.2) is 0 Å². The minimum absolute atomic E-state index is 0.0338. The second-order valence-electron chi connectivity index (χ2n) is 14.1. The third-order valence-electron chi connectivity index (χ3n) is 11.7. The smallest absolute Gasteiger partial charge is 0.306 e. The number of ether oxygens (including phenoxy) is 2. The Morgan fingerprint density at radius 2 is 1.95 bits per heavy atom. The van der Waals surface area contributed by atoms with E-state index in [9.17, 15) is 14.4 Å². The normalized spacial score (nSPS) is 38.7. The molecular weight excluding hydrogens is 506 g/mol. The van der Waals surface area contributed by atoms with Gasteiger partial charge in [0.2, 0.25) is 5.91 Å². The minimum atomic E-state index is -0.963. The van der Waals surface area contributed by atoms with Crippen molar-refractivity contribution in [3.63, 3.8) is 0 Å². The Labute approximate surface area is 239 Å². The van der Waals surface area contributed by atoms with Crippen LogP contribution in [-0.4, -0.2) is 41.7 Å². The van der Waals surface area contributed by atoms with Crippen LogP contribution in [-0.2, 0) is 23.9 Å². The lowest BCUT2D eigenvalue weighted by molar-refractivity contribution is -0.154. The SMILES string of the molecule is CC(=O)NC[C@H](C)CCC1=C(C)[C@H]2[C@H](C[C@H]3[C@@H]4CC=C5C[C@@H](OC(=O)CCC(=O)O)CC[C@]5(C)[C@H]4CC[C@@]32C)O1. The third kappa shape index (κ3) is 5.34. The summed E-state index contributed by atoms with van der Waals surface area (Å²) in [6, 6.07) is 0. The Hall–Kier alpha value is -2.31. The van der Waals surface area contributed by atoms with Gasteiger partial charge in [0.05, 0.1) is 18.6 Å². The number of nitrogens with one attached hydrogen (secondary N) is 1. The van der Waals surface area contributed by atoms with Crippen molar-refractivity contribution < 1.29 is 29.0 Å². The second-order valence-corrected chi connectivity index (χ2v) is 14.1. The van der Waals surface area contributed by atoms with Gasteiger partial charge in [0.25, 0.3) is 0 Å². The van der Waals surface area contributed by atoms with E-state index in [1.54, 1.807) is 6.92 Å². The lowest BCUT2D eigenvalue weighted by atomic mass is 9.47. The molecule has 0 aromatic carbocycles. The molecule has 0 radical (unpaired) electrons. The summed E-state index contributed by atoms with van der Waals surface area (Å²) in [4.78, 5) is 34.3. The van der Waals surface area contributed by atoms with Gasteiger partial charge >= 0.3 is 11.9 Å². The van der Waals surface area contributed by atoms with Crippen LogP contribution in [0.15, 0.2) is 23.0 Å². The van der Waals surface area contributed by atoms with Crippen LogP contribution in [0.2, 0.25) is 0 Å². The fourth-order valence-corrected chi connectivity index (χ4v) is 9.56. The molecule has 9 atom stereocenters. The highest BCUT2D eigenvalue weighted by Gasteiger charge is 2.63. The molecular formula is C33H49NO6. The van der Waals surface area contributed by atoms with Gasteiger partial charge in [-0.15, -0.1) is 0 Å². The summed E-state index contributed by atoms with van der Waals surface area (Å²) in [5.74, 6) is 2.83. The number of amides is 1. The Morgan fingerprint density at radius 3 is 2.67 bits per heavy atom. The summed E-state index contributed by atoms with van der Waals surface area (Å²) in [6.45, 7) is 11.8. The van der Waals surface area contributed by atoms with Crippen molar-refractivity contribution in [1.82, 2.24) is 5.32 Å². The van der Waals surface area contributed by atoms with Gasteiger partial charge in [0.1, 0.15) is 12.2 Å². The molecule has 0 spiro atoms. The first kappa shape index (κ1) is 29.2. The largest absolute Gasteiger partial charge is 0.494 e. The van der Waals surface area contributed by atoms with Crippen LogP contribution in [0.3, 0.4) is 0 Å². The summed E-state index contributed by atoms with van der Waals surface area (Å²) >= 11 is 0. The molecule has 0 bridgehead atoms. The van der Waals surface area contributed by atoms with Gasteiger partial charge in [-0.1, -0.05) is 32.4 Å². The standard InChI is InChI=1S/C33H49NO6/c1-19(18-34-21(3)35)6-9-27-20(2)31-28(40-27)17-26-24-8-7-22-16-23(39-30(38)11-10-29(36)37)12-14-32(22,4)25(24)13-15-33(26,31)5/h7,19,23-26,28,31H,6,8-18H2,1-5H3,(H,34,35)(H,36,37)/t19-,23+,24-,25+,26+,28+,31+,32+,33+/m1/s1. The number of carboxylic acid groups (broad SMARTS) is 1. The van der Waals surface area contributed by atoms with Crippen LogP contribution in [0.25, 0.3) is 0 Å². The highest BCUT2D eigenvalue weighted by atomic mass is 16.5. The van der Waals surface area contributed by atoms with Crippen LogP contribution in [0.4, 0.5) is 0 Å². The van der Waals surface area contributed by atoms with Gasteiger partial charge in [-0.25, -0.2) is 0 Å². The Balaban J connectivity index is 1.24. The highest BCUT2D eigenvalue weighted by Crippen LogP contribution is 2.69. The fraction of sp³-hybridized carbons (Fsp3) is 0.788.